The number of nitrogens with zero attached hydrogens (tertiary/aromatic N) is 2. The Morgan fingerprint density at radius 3 is 2.43 bits per heavy atom. The predicted molar refractivity (Wildman–Crippen MR) is 96.9 cm³/mol. The summed E-state index contributed by atoms with van der Waals surface area (Å²) in [4.78, 5) is 20.4. The van der Waals surface area contributed by atoms with Gasteiger partial charge in [0.15, 0.2) is 0 Å². The maximum Gasteiger partial charge on any atom is 0.490 e. The number of hydrogen-bond acceptors (Lipinski definition) is 5. The van der Waals surface area contributed by atoms with Gasteiger partial charge in [-0.3, -0.25) is 0 Å². The summed E-state index contributed by atoms with van der Waals surface area (Å²) >= 11 is 0. The monoisotopic (exact) mass is 396 g/mol. The van der Waals surface area contributed by atoms with Crippen molar-refractivity contribution in [2.45, 2.75) is 25.1 Å². The highest BCUT2D eigenvalue weighted by Gasteiger charge is 2.38. The molecule has 10 heteroatoms. The molecule has 1 aromatic carbocycles. The van der Waals surface area contributed by atoms with Gasteiger partial charge in [0.05, 0.1) is 18.0 Å². The van der Waals surface area contributed by atoms with Crippen LogP contribution in [0, 0.1) is 0 Å². The molecular formula is C18H19F3N4O3. The molecule has 0 fully saturated rings. The first kappa shape index (κ1) is 21.2. The number of carboxylic acid groups (broad SMARTS) is 1. The summed E-state index contributed by atoms with van der Waals surface area (Å²) in [6, 6.07) is 12.0. The molecule has 4 N–H and O–H groups in total. The summed E-state index contributed by atoms with van der Waals surface area (Å²) in [7, 11) is 0. The second-order valence-electron chi connectivity index (χ2n) is 5.90. The highest BCUT2D eigenvalue weighted by atomic mass is 19.4. The van der Waals surface area contributed by atoms with E-state index in [1.165, 1.54) is 11.9 Å². The third-order valence-corrected chi connectivity index (χ3v) is 4.04. The number of hydrogen-bond donors (Lipinski definition) is 4. The molecule has 3 rings (SSSR count). The van der Waals surface area contributed by atoms with E-state index in [1.54, 1.807) is 0 Å². The number of aromatic amines is 1. The molecule has 0 aliphatic rings. The van der Waals surface area contributed by atoms with Crippen molar-refractivity contribution in [1.82, 2.24) is 15.0 Å². The first-order valence-electron chi connectivity index (χ1n) is 8.24. The maximum absolute atomic E-state index is 10.6. The van der Waals surface area contributed by atoms with Gasteiger partial charge in [0, 0.05) is 12.1 Å². The van der Waals surface area contributed by atoms with Crippen LogP contribution in [-0.4, -0.2) is 50.0 Å². The molecular weight excluding hydrogens is 377 g/mol. The van der Waals surface area contributed by atoms with Crippen LogP contribution in [0.15, 0.2) is 48.9 Å². The van der Waals surface area contributed by atoms with Crippen LogP contribution >= 0.6 is 0 Å². The highest BCUT2D eigenvalue weighted by molar-refractivity contribution is 5.86. The first-order valence-corrected chi connectivity index (χ1v) is 8.24. The molecule has 2 heterocycles. The van der Waals surface area contributed by atoms with Gasteiger partial charge >= 0.3 is 12.1 Å². The van der Waals surface area contributed by atoms with Crippen LogP contribution in [0.3, 0.4) is 0 Å². The van der Waals surface area contributed by atoms with E-state index < -0.39 is 12.1 Å². The zero-order valence-electron chi connectivity index (χ0n) is 14.8. The van der Waals surface area contributed by atoms with Gasteiger partial charge in [0.2, 0.25) is 0 Å². The number of aliphatic hydroxyl groups is 1. The lowest BCUT2D eigenvalue weighted by molar-refractivity contribution is -0.192. The number of benzene rings is 1. The number of anilines is 1. The molecule has 2 aromatic heterocycles. The Bertz CT molecular complexity index is 900. The van der Waals surface area contributed by atoms with E-state index in [0.29, 0.717) is 0 Å². The van der Waals surface area contributed by atoms with Gasteiger partial charge in [-0.2, -0.15) is 13.2 Å². The lowest BCUT2D eigenvalue weighted by atomic mass is 9.94. The number of carboxylic acids is 1. The number of carbonyl (C=O) groups is 1. The van der Waals surface area contributed by atoms with E-state index in [0.717, 1.165) is 16.9 Å². The molecule has 3 aromatic rings. The van der Waals surface area contributed by atoms with Gasteiger partial charge in [-0.1, -0.05) is 37.3 Å². The first-order chi connectivity index (χ1) is 13.2. The summed E-state index contributed by atoms with van der Waals surface area (Å²) in [6.45, 7) is 2.13. The molecule has 0 aliphatic carbocycles. The van der Waals surface area contributed by atoms with Gasteiger partial charge in [-0.15, -0.1) is 0 Å². The second kappa shape index (κ2) is 9.18. The van der Waals surface area contributed by atoms with Crippen LogP contribution in [0.2, 0.25) is 0 Å². The Hall–Kier alpha value is -3.14. The minimum atomic E-state index is -5.08. The molecule has 7 nitrogen and oxygen atoms in total. The van der Waals surface area contributed by atoms with Crippen LogP contribution in [0.1, 0.15) is 18.4 Å². The molecule has 0 radical (unpaired) electrons. The zero-order valence-corrected chi connectivity index (χ0v) is 14.8. The van der Waals surface area contributed by atoms with Crippen molar-refractivity contribution >= 4 is 22.8 Å². The molecule has 0 aliphatic heterocycles. The average molecular weight is 396 g/mol. The third kappa shape index (κ3) is 5.43. The molecule has 2 atom stereocenters. The SMILES string of the molecule is CC(c1ccccc1)C(CO)Nc1ncnc2[nH]ccc12.O=C(O)C(F)(F)F. The fourth-order valence-corrected chi connectivity index (χ4v) is 2.48. The molecule has 2 unspecified atom stereocenters. The number of fused-ring (bicyclic) bond motifs is 1. The van der Waals surface area contributed by atoms with Crippen molar-refractivity contribution < 1.29 is 28.2 Å². The van der Waals surface area contributed by atoms with Crippen LogP contribution < -0.4 is 5.32 Å². The minimum absolute atomic E-state index is 0.0337. The van der Waals surface area contributed by atoms with E-state index in [1.807, 2.05) is 30.5 Å². The van der Waals surface area contributed by atoms with E-state index in [2.05, 4.69) is 39.3 Å². The molecule has 0 saturated carbocycles. The number of aliphatic hydroxyl groups excluding tert-OH is 1. The Morgan fingerprint density at radius 1 is 1.21 bits per heavy atom. The summed E-state index contributed by atoms with van der Waals surface area (Å²) in [5.41, 5.74) is 1.97. The van der Waals surface area contributed by atoms with E-state index in [4.69, 9.17) is 9.90 Å². The predicted octanol–water partition coefficient (Wildman–Crippen LogP) is 3.17. The normalized spacial score (nSPS) is 13.3. The Morgan fingerprint density at radius 2 is 1.86 bits per heavy atom. The number of rotatable bonds is 5. The molecule has 0 spiro atoms. The fourth-order valence-electron chi connectivity index (χ4n) is 2.48. The van der Waals surface area contributed by atoms with E-state index in [9.17, 15) is 18.3 Å². The Balaban J connectivity index is 0.000000345. The third-order valence-electron chi connectivity index (χ3n) is 4.04. The van der Waals surface area contributed by atoms with E-state index >= 15 is 0 Å². The van der Waals surface area contributed by atoms with Gasteiger partial charge in [-0.25, -0.2) is 14.8 Å². The summed E-state index contributed by atoms with van der Waals surface area (Å²) in [6.07, 6.45) is -1.73. The topological polar surface area (TPSA) is 111 Å². The number of aliphatic carboxylic acids is 1. The van der Waals surface area contributed by atoms with Gasteiger partial charge in [0.1, 0.15) is 17.8 Å². The largest absolute Gasteiger partial charge is 0.490 e. The second-order valence-corrected chi connectivity index (χ2v) is 5.90. The van der Waals surface area contributed by atoms with Crippen molar-refractivity contribution in [3.8, 4) is 0 Å². The molecule has 28 heavy (non-hydrogen) atoms. The zero-order chi connectivity index (χ0) is 20.7. The molecule has 150 valence electrons. The van der Waals surface area contributed by atoms with Crippen molar-refractivity contribution in [2.24, 2.45) is 0 Å². The molecule has 0 amide bonds. The number of nitrogens with one attached hydrogen (secondary N) is 2. The number of alkyl halides is 3. The van der Waals surface area contributed by atoms with Crippen LogP contribution in [-0.2, 0) is 4.79 Å². The van der Waals surface area contributed by atoms with E-state index in [-0.39, 0.29) is 18.6 Å². The standard InChI is InChI=1S/C16H18N4O.C2HF3O2/c1-11(12-5-3-2-4-6-12)14(9-21)20-16-13-7-8-17-15(13)18-10-19-16;3-2(4,5)1(6)7/h2-8,10-11,14,21H,9H2,1H3,(H2,17,18,19,20);(H,6,7). The fraction of sp³-hybridized carbons (Fsp3) is 0.278. The average Bonchev–Trinajstić information content (AvgIpc) is 3.15. The van der Waals surface area contributed by atoms with Gasteiger partial charge < -0.3 is 20.5 Å². The van der Waals surface area contributed by atoms with Crippen molar-refractivity contribution in [1.29, 1.82) is 0 Å². The number of H-pyrrole nitrogens is 1. The summed E-state index contributed by atoms with van der Waals surface area (Å²) in [5, 5.41) is 21.1. The summed E-state index contributed by atoms with van der Waals surface area (Å²) in [5.74, 6) is -1.85. The number of halogens is 3. The van der Waals surface area contributed by atoms with Crippen LogP contribution in [0.4, 0.5) is 19.0 Å². The number of aromatic nitrogens is 3. The smallest absolute Gasteiger partial charge is 0.475 e. The van der Waals surface area contributed by atoms with Gasteiger partial charge in [-0.05, 0) is 11.6 Å². The quantitative estimate of drug-likeness (QED) is 0.527. The lowest BCUT2D eigenvalue weighted by Gasteiger charge is -2.24. The van der Waals surface area contributed by atoms with Crippen molar-refractivity contribution in [3.05, 3.63) is 54.5 Å². The summed E-state index contributed by atoms with van der Waals surface area (Å²) < 4.78 is 31.7. The molecule has 0 bridgehead atoms. The Kier molecular flexibility index (Phi) is 6.94. The van der Waals surface area contributed by atoms with Crippen LogP contribution in [0.25, 0.3) is 11.0 Å². The van der Waals surface area contributed by atoms with Crippen LogP contribution in [0.5, 0.6) is 0 Å². The van der Waals surface area contributed by atoms with Gasteiger partial charge in [0.25, 0.3) is 0 Å². The maximum atomic E-state index is 10.6. The lowest BCUT2D eigenvalue weighted by Crippen LogP contribution is -2.30. The highest BCUT2D eigenvalue weighted by Crippen LogP contribution is 2.24. The van der Waals surface area contributed by atoms with Crippen molar-refractivity contribution in [3.63, 3.8) is 0 Å². The van der Waals surface area contributed by atoms with Crippen molar-refractivity contribution in [2.75, 3.05) is 11.9 Å². The Labute approximate surface area is 158 Å². The minimum Gasteiger partial charge on any atom is -0.475 e. The molecule has 0 saturated heterocycles.